The van der Waals surface area contributed by atoms with Gasteiger partial charge in [-0.1, -0.05) is 30.6 Å². The van der Waals surface area contributed by atoms with Crippen LogP contribution < -0.4 is 0 Å². The fraction of sp³-hybridized carbons (Fsp3) is 0.357. The second kappa shape index (κ2) is 5.81. The summed E-state index contributed by atoms with van der Waals surface area (Å²) >= 11 is 5.94. The highest BCUT2D eigenvalue weighted by Gasteiger charge is 2.25. The second-order valence-electron chi connectivity index (χ2n) is 5.55. The number of rotatable bonds is 5. The molecule has 5 nitrogen and oxygen atoms in total. The van der Waals surface area contributed by atoms with E-state index >= 15 is 0 Å². The Morgan fingerprint density at radius 1 is 1.48 bits per heavy atom. The number of aliphatic carboxylic acids is 1. The molecule has 0 radical (unpaired) electrons. The molecule has 0 unspecified atom stereocenters. The monoisotopic (exact) mass is 312 g/mol. The summed E-state index contributed by atoms with van der Waals surface area (Å²) in [5, 5.41) is 12.8. The Hall–Kier alpha value is -1.95. The van der Waals surface area contributed by atoms with Crippen molar-refractivity contribution in [1.29, 1.82) is 0 Å². The number of carboxylic acids is 1. The summed E-state index contributed by atoms with van der Waals surface area (Å²) in [6.07, 6.45) is 0.313. The Bertz CT molecular complexity index is 670. The van der Waals surface area contributed by atoms with E-state index in [0.717, 1.165) is 0 Å². The maximum absolute atomic E-state index is 13.0. The first kappa shape index (κ1) is 15.4. The minimum Gasteiger partial charge on any atom is -0.481 e. The van der Waals surface area contributed by atoms with Crippen molar-refractivity contribution in [3.8, 4) is 11.4 Å². The molecule has 1 N–H and O–H groups in total. The number of nitrogens with zero attached hydrogens (tertiary/aromatic N) is 2. The Kier molecular flexibility index (Phi) is 4.27. The molecule has 1 heterocycles. The van der Waals surface area contributed by atoms with Gasteiger partial charge in [0.05, 0.1) is 11.4 Å². The van der Waals surface area contributed by atoms with Crippen molar-refractivity contribution >= 4 is 17.6 Å². The minimum atomic E-state index is -0.888. The van der Waals surface area contributed by atoms with Gasteiger partial charge in [-0.3, -0.25) is 4.79 Å². The topological polar surface area (TPSA) is 76.2 Å². The van der Waals surface area contributed by atoms with Gasteiger partial charge >= 0.3 is 5.97 Å². The summed E-state index contributed by atoms with van der Waals surface area (Å²) in [6, 6.07) is 3.89. The molecule has 0 aliphatic carbocycles. The molecule has 2 rings (SSSR count). The highest BCUT2D eigenvalue weighted by atomic mass is 35.5. The molecule has 0 atom stereocenters. The summed E-state index contributed by atoms with van der Waals surface area (Å²) in [4.78, 5) is 15.0. The lowest BCUT2D eigenvalue weighted by Crippen LogP contribution is -2.19. The largest absolute Gasteiger partial charge is 0.481 e. The predicted molar refractivity (Wildman–Crippen MR) is 74.4 cm³/mol. The number of carbonyl (C=O) groups is 1. The van der Waals surface area contributed by atoms with Crippen LogP contribution in [0.5, 0.6) is 0 Å². The molecule has 0 spiro atoms. The lowest BCUT2D eigenvalue weighted by atomic mass is 9.86. The molecule has 0 fully saturated rings. The smallest absolute Gasteiger partial charge is 0.303 e. The van der Waals surface area contributed by atoms with Crippen LogP contribution in [-0.2, 0) is 11.2 Å². The van der Waals surface area contributed by atoms with Crippen molar-refractivity contribution in [1.82, 2.24) is 10.1 Å². The Morgan fingerprint density at radius 2 is 2.19 bits per heavy atom. The van der Waals surface area contributed by atoms with E-state index < -0.39 is 17.2 Å². The normalized spacial score (nSPS) is 11.6. The molecule has 0 aliphatic heterocycles. The molecule has 0 saturated carbocycles. The van der Waals surface area contributed by atoms with E-state index in [1.165, 1.54) is 18.2 Å². The van der Waals surface area contributed by atoms with Crippen molar-refractivity contribution in [2.24, 2.45) is 5.41 Å². The standard InChI is InChI=1S/C14H14ClFN2O3/c1-14(2,7-12(19)20)6-11-17-13(18-21-11)9-4-3-8(16)5-10(9)15/h3-5H,6-7H2,1-2H3,(H,19,20). The molecular weight excluding hydrogens is 299 g/mol. The van der Waals surface area contributed by atoms with Crippen molar-refractivity contribution in [3.05, 3.63) is 34.9 Å². The van der Waals surface area contributed by atoms with E-state index in [-0.39, 0.29) is 17.3 Å². The quantitative estimate of drug-likeness (QED) is 0.913. The van der Waals surface area contributed by atoms with Crippen molar-refractivity contribution in [2.75, 3.05) is 0 Å². The van der Waals surface area contributed by atoms with Crippen LogP contribution in [0.3, 0.4) is 0 Å². The summed E-state index contributed by atoms with van der Waals surface area (Å²) in [6.45, 7) is 3.60. The fourth-order valence-electron chi connectivity index (χ4n) is 1.99. The molecule has 0 aliphatic rings. The SMILES string of the molecule is CC(C)(CC(=O)O)Cc1nc(-c2ccc(F)cc2Cl)no1. The molecule has 0 saturated heterocycles. The van der Waals surface area contributed by atoms with Gasteiger partial charge < -0.3 is 9.63 Å². The first-order chi connectivity index (χ1) is 9.77. The van der Waals surface area contributed by atoms with Crippen molar-refractivity contribution in [2.45, 2.75) is 26.7 Å². The van der Waals surface area contributed by atoms with Gasteiger partial charge in [-0.25, -0.2) is 4.39 Å². The first-order valence-corrected chi connectivity index (χ1v) is 6.64. The molecule has 1 aromatic heterocycles. The summed E-state index contributed by atoms with van der Waals surface area (Å²) < 4.78 is 18.1. The maximum atomic E-state index is 13.0. The Morgan fingerprint density at radius 3 is 2.81 bits per heavy atom. The summed E-state index contributed by atoms with van der Waals surface area (Å²) in [5.41, 5.74) is -0.0495. The van der Waals surface area contributed by atoms with Crippen LogP contribution in [-0.4, -0.2) is 21.2 Å². The zero-order valence-corrected chi connectivity index (χ0v) is 12.3. The van der Waals surface area contributed by atoms with E-state index in [9.17, 15) is 9.18 Å². The molecule has 21 heavy (non-hydrogen) atoms. The predicted octanol–water partition coefficient (Wildman–Crippen LogP) is 3.57. The maximum Gasteiger partial charge on any atom is 0.303 e. The highest BCUT2D eigenvalue weighted by molar-refractivity contribution is 6.33. The minimum absolute atomic E-state index is 0.0119. The third kappa shape index (κ3) is 4.01. The van der Waals surface area contributed by atoms with Gasteiger partial charge in [0.1, 0.15) is 5.82 Å². The van der Waals surface area contributed by atoms with Gasteiger partial charge in [-0.2, -0.15) is 4.98 Å². The lowest BCUT2D eigenvalue weighted by Gasteiger charge is -2.19. The van der Waals surface area contributed by atoms with Crippen molar-refractivity contribution < 1.29 is 18.8 Å². The number of hydrogen-bond acceptors (Lipinski definition) is 4. The van der Waals surface area contributed by atoms with Crippen LogP contribution in [0.25, 0.3) is 11.4 Å². The zero-order valence-electron chi connectivity index (χ0n) is 11.6. The Labute approximate surface area is 125 Å². The van der Waals surface area contributed by atoms with Crippen molar-refractivity contribution in [3.63, 3.8) is 0 Å². The van der Waals surface area contributed by atoms with E-state index in [4.69, 9.17) is 21.2 Å². The molecule has 7 heteroatoms. The van der Waals surface area contributed by atoms with Crippen LogP contribution in [0, 0.1) is 11.2 Å². The number of hydrogen-bond donors (Lipinski definition) is 1. The number of carboxylic acid groups (broad SMARTS) is 1. The summed E-state index contributed by atoms with van der Waals surface area (Å²) in [5.74, 6) is -0.769. The second-order valence-corrected chi connectivity index (χ2v) is 5.95. The van der Waals surface area contributed by atoms with Gasteiger partial charge in [0.2, 0.25) is 11.7 Å². The molecule has 0 bridgehead atoms. The number of halogens is 2. The van der Waals surface area contributed by atoms with Gasteiger partial charge in [0.25, 0.3) is 0 Å². The first-order valence-electron chi connectivity index (χ1n) is 6.27. The average molecular weight is 313 g/mol. The van der Waals surface area contributed by atoms with Crippen LogP contribution in [0.1, 0.15) is 26.2 Å². The highest BCUT2D eigenvalue weighted by Crippen LogP contribution is 2.29. The van der Waals surface area contributed by atoms with E-state index in [2.05, 4.69) is 10.1 Å². The van der Waals surface area contributed by atoms with Crippen LogP contribution >= 0.6 is 11.6 Å². The zero-order chi connectivity index (χ0) is 15.6. The van der Waals surface area contributed by atoms with Gasteiger partial charge in [0.15, 0.2) is 0 Å². The molecule has 112 valence electrons. The van der Waals surface area contributed by atoms with Gasteiger partial charge in [0, 0.05) is 12.0 Å². The van der Waals surface area contributed by atoms with Crippen LogP contribution in [0.15, 0.2) is 22.7 Å². The van der Waals surface area contributed by atoms with Crippen LogP contribution in [0.2, 0.25) is 5.02 Å². The molecule has 0 amide bonds. The number of aromatic nitrogens is 2. The molecule has 2 aromatic rings. The average Bonchev–Trinajstić information content (AvgIpc) is 2.74. The number of benzene rings is 1. The third-order valence-electron chi connectivity index (χ3n) is 2.90. The van der Waals surface area contributed by atoms with E-state index in [1.54, 1.807) is 13.8 Å². The van der Waals surface area contributed by atoms with E-state index in [0.29, 0.717) is 17.9 Å². The van der Waals surface area contributed by atoms with Crippen LogP contribution in [0.4, 0.5) is 4.39 Å². The fourth-order valence-corrected chi connectivity index (χ4v) is 2.24. The molecule has 1 aromatic carbocycles. The molecular formula is C14H14ClFN2O3. The van der Waals surface area contributed by atoms with Gasteiger partial charge in [-0.15, -0.1) is 0 Å². The third-order valence-corrected chi connectivity index (χ3v) is 3.21. The van der Waals surface area contributed by atoms with E-state index in [1.807, 2.05) is 0 Å². The van der Waals surface area contributed by atoms with Gasteiger partial charge in [-0.05, 0) is 23.6 Å². The Balaban J connectivity index is 2.20. The summed E-state index contributed by atoms with van der Waals surface area (Å²) in [7, 11) is 0. The lowest BCUT2D eigenvalue weighted by molar-refractivity contribution is -0.139.